The van der Waals surface area contributed by atoms with Gasteiger partial charge in [-0.05, 0) is 61.3 Å². The average Bonchev–Trinajstić information content (AvgIpc) is 3.26. The molecule has 5 atom stereocenters. The van der Waals surface area contributed by atoms with E-state index in [2.05, 4.69) is 66.7 Å². The van der Waals surface area contributed by atoms with Crippen molar-refractivity contribution < 1.29 is 14.9 Å². The Hall–Kier alpha value is -1.42. The van der Waals surface area contributed by atoms with Crippen LogP contribution in [0.3, 0.4) is 0 Å². The standard InChI is InChI=1S/C25H43N5O3/c1-5-30(13-20-22(31)23(32)24(33-20)27-14-26)17-10-15(11-17)6-9-21-28-18-8-7-16(25(2,3)4)12-19(18)29-21/h7-8,12,15,17,20-24,27-29,31-32H,5-6,9-11,13-14,26H2,1-4H3/t15?,17?,20-,21?,22-,23-,24-/m1/s1. The molecule has 1 aromatic rings. The molecule has 8 nitrogen and oxygen atoms in total. The van der Waals surface area contributed by atoms with E-state index in [1.807, 2.05) is 0 Å². The summed E-state index contributed by atoms with van der Waals surface area (Å²) in [5, 5.41) is 30.7. The summed E-state index contributed by atoms with van der Waals surface area (Å²) in [6.07, 6.45) is 2.13. The van der Waals surface area contributed by atoms with Gasteiger partial charge < -0.3 is 31.3 Å². The number of aliphatic hydroxyl groups is 2. The van der Waals surface area contributed by atoms with Gasteiger partial charge in [0.2, 0.25) is 0 Å². The third-order valence-electron chi connectivity index (χ3n) is 7.64. The molecule has 33 heavy (non-hydrogen) atoms. The molecule has 0 bridgehead atoms. The van der Waals surface area contributed by atoms with E-state index in [0.29, 0.717) is 18.8 Å². The Kier molecular flexibility index (Phi) is 7.53. The highest BCUT2D eigenvalue weighted by Gasteiger charge is 2.44. The Labute approximate surface area is 198 Å². The van der Waals surface area contributed by atoms with Gasteiger partial charge in [0.25, 0.3) is 0 Å². The maximum atomic E-state index is 10.4. The number of hydrogen-bond acceptors (Lipinski definition) is 8. The minimum Gasteiger partial charge on any atom is -0.387 e. The van der Waals surface area contributed by atoms with Gasteiger partial charge in [0.05, 0.1) is 17.5 Å². The largest absolute Gasteiger partial charge is 0.387 e. The molecule has 3 aliphatic rings. The van der Waals surface area contributed by atoms with Crippen LogP contribution in [0.2, 0.25) is 0 Å². The molecule has 2 heterocycles. The molecule has 1 aromatic carbocycles. The summed E-state index contributed by atoms with van der Waals surface area (Å²) in [6.45, 7) is 10.6. The normalized spacial score (nSPS) is 33.5. The van der Waals surface area contributed by atoms with Gasteiger partial charge in [-0.1, -0.05) is 33.8 Å². The monoisotopic (exact) mass is 461 g/mol. The lowest BCUT2D eigenvalue weighted by molar-refractivity contribution is -0.0400. The number of rotatable bonds is 9. The first-order chi connectivity index (χ1) is 15.7. The van der Waals surface area contributed by atoms with E-state index in [1.54, 1.807) is 0 Å². The van der Waals surface area contributed by atoms with Gasteiger partial charge in [-0.3, -0.25) is 10.2 Å². The third-order valence-corrected chi connectivity index (χ3v) is 7.64. The Balaban J connectivity index is 1.20. The number of hydrogen-bond donors (Lipinski definition) is 6. The van der Waals surface area contributed by atoms with Crippen LogP contribution in [0.5, 0.6) is 0 Å². The number of nitrogens with two attached hydrogens (primary N) is 1. The molecule has 0 amide bonds. The highest BCUT2D eigenvalue weighted by molar-refractivity contribution is 5.75. The van der Waals surface area contributed by atoms with Crippen LogP contribution in [0.25, 0.3) is 0 Å². The fourth-order valence-electron chi connectivity index (χ4n) is 5.40. The van der Waals surface area contributed by atoms with Crippen LogP contribution in [0.15, 0.2) is 18.2 Å². The van der Waals surface area contributed by atoms with Crippen LogP contribution in [0.1, 0.15) is 58.9 Å². The summed E-state index contributed by atoms with van der Waals surface area (Å²) >= 11 is 0. The summed E-state index contributed by atoms with van der Waals surface area (Å²) in [5.41, 5.74) is 9.43. The zero-order valence-electron chi connectivity index (χ0n) is 20.6. The lowest BCUT2D eigenvalue weighted by Crippen LogP contribution is -2.49. The molecule has 0 radical (unpaired) electrons. The van der Waals surface area contributed by atoms with Gasteiger partial charge in [-0.25, -0.2) is 0 Å². The molecule has 186 valence electrons. The third kappa shape index (κ3) is 5.47. The van der Waals surface area contributed by atoms with E-state index < -0.39 is 24.5 Å². The Bertz CT molecular complexity index is 795. The number of anilines is 2. The van der Waals surface area contributed by atoms with Gasteiger partial charge in [0, 0.05) is 19.3 Å². The molecular formula is C25H43N5O3. The number of benzene rings is 1. The Morgan fingerprint density at radius 3 is 2.52 bits per heavy atom. The van der Waals surface area contributed by atoms with E-state index in [-0.39, 0.29) is 12.1 Å². The molecule has 1 saturated carbocycles. The molecule has 1 unspecified atom stereocenters. The molecule has 1 saturated heterocycles. The molecule has 0 spiro atoms. The van der Waals surface area contributed by atoms with E-state index in [9.17, 15) is 10.2 Å². The van der Waals surface area contributed by atoms with Crippen LogP contribution in [0, 0.1) is 5.92 Å². The van der Waals surface area contributed by atoms with Gasteiger partial charge in [-0.2, -0.15) is 0 Å². The van der Waals surface area contributed by atoms with Gasteiger partial charge >= 0.3 is 0 Å². The SMILES string of the molecule is CCN(C[C@H]1O[C@@H](NCN)[C@H](O)[C@@H]1O)C1CC(CCC2Nc3ccc(C(C)(C)C)cc3N2)C1. The summed E-state index contributed by atoms with van der Waals surface area (Å²) in [6, 6.07) is 7.23. The second-order valence-electron chi connectivity index (χ2n) is 11.0. The zero-order valence-corrected chi connectivity index (χ0v) is 20.6. The molecule has 4 rings (SSSR count). The fraction of sp³-hybridized carbons (Fsp3) is 0.760. The zero-order chi connectivity index (χ0) is 23.8. The second kappa shape index (κ2) is 10.1. The first-order valence-corrected chi connectivity index (χ1v) is 12.6. The first-order valence-electron chi connectivity index (χ1n) is 12.6. The highest BCUT2D eigenvalue weighted by Crippen LogP contribution is 2.39. The van der Waals surface area contributed by atoms with E-state index in [0.717, 1.165) is 18.9 Å². The number of fused-ring (bicyclic) bond motifs is 1. The van der Waals surface area contributed by atoms with E-state index >= 15 is 0 Å². The summed E-state index contributed by atoms with van der Waals surface area (Å²) in [4.78, 5) is 2.39. The Morgan fingerprint density at radius 1 is 1.12 bits per heavy atom. The van der Waals surface area contributed by atoms with Gasteiger partial charge in [0.15, 0.2) is 0 Å². The van der Waals surface area contributed by atoms with Crippen LogP contribution in [-0.2, 0) is 10.2 Å². The quantitative estimate of drug-likeness (QED) is 0.309. The van der Waals surface area contributed by atoms with Crippen molar-refractivity contribution >= 4 is 11.4 Å². The van der Waals surface area contributed by atoms with Crippen molar-refractivity contribution in [2.45, 2.75) is 95.5 Å². The van der Waals surface area contributed by atoms with Crippen LogP contribution >= 0.6 is 0 Å². The lowest BCUT2D eigenvalue weighted by atomic mass is 9.76. The molecular weight excluding hydrogens is 418 g/mol. The van der Waals surface area contributed by atoms with Crippen molar-refractivity contribution in [3.63, 3.8) is 0 Å². The van der Waals surface area contributed by atoms with Gasteiger partial charge in [-0.15, -0.1) is 0 Å². The van der Waals surface area contributed by atoms with E-state index in [4.69, 9.17) is 10.5 Å². The van der Waals surface area contributed by atoms with Crippen molar-refractivity contribution in [3.05, 3.63) is 23.8 Å². The topological polar surface area (TPSA) is 115 Å². The predicted octanol–water partition coefficient (Wildman–Crippen LogP) is 1.98. The smallest absolute Gasteiger partial charge is 0.138 e. The number of nitrogens with zero attached hydrogens (tertiary/aromatic N) is 1. The molecule has 2 aliphatic heterocycles. The summed E-state index contributed by atoms with van der Waals surface area (Å²) in [5.74, 6) is 0.730. The van der Waals surface area contributed by atoms with Crippen molar-refractivity contribution in [2.75, 3.05) is 30.4 Å². The average molecular weight is 462 g/mol. The number of aliphatic hydroxyl groups excluding tert-OH is 2. The summed E-state index contributed by atoms with van der Waals surface area (Å²) < 4.78 is 5.83. The maximum Gasteiger partial charge on any atom is 0.138 e. The lowest BCUT2D eigenvalue weighted by Gasteiger charge is -2.44. The molecule has 2 fully saturated rings. The number of likely N-dealkylation sites (N-methyl/N-ethyl adjacent to an activating group) is 1. The van der Waals surface area contributed by atoms with Crippen LogP contribution in [0.4, 0.5) is 11.4 Å². The van der Waals surface area contributed by atoms with Crippen LogP contribution < -0.4 is 21.7 Å². The van der Waals surface area contributed by atoms with Crippen molar-refractivity contribution in [1.82, 2.24) is 10.2 Å². The van der Waals surface area contributed by atoms with Crippen LogP contribution in [-0.4, -0.2) is 71.6 Å². The maximum absolute atomic E-state index is 10.4. The van der Waals surface area contributed by atoms with Crippen molar-refractivity contribution in [3.8, 4) is 0 Å². The molecule has 1 aliphatic carbocycles. The minimum atomic E-state index is -0.943. The first kappa shape index (κ1) is 24.7. The minimum absolute atomic E-state index is 0.153. The molecule has 0 aromatic heterocycles. The van der Waals surface area contributed by atoms with Crippen molar-refractivity contribution in [1.29, 1.82) is 0 Å². The van der Waals surface area contributed by atoms with E-state index in [1.165, 1.54) is 36.2 Å². The number of nitrogens with one attached hydrogen (secondary N) is 3. The second-order valence-corrected chi connectivity index (χ2v) is 11.0. The number of ether oxygens (including phenoxy) is 1. The molecule has 8 heteroatoms. The summed E-state index contributed by atoms with van der Waals surface area (Å²) in [7, 11) is 0. The van der Waals surface area contributed by atoms with Gasteiger partial charge in [0.1, 0.15) is 24.5 Å². The Morgan fingerprint density at radius 2 is 1.85 bits per heavy atom. The van der Waals surface area contributed by atoms with Crippen molar-refractivity contribution in [2.24, 2.45) is 11.7 Å². The highest BCUT2D eigenvalue weighted by atomic mass is 16.6. The predicted molar refractivity (Wildman–Crippen MR) is 132 cm³/mol. The fourth-order valence-corrected chi connectivity index (χ4v) is 5.40. The molecule has 7 N–H and O–H groups in total.